The summed E-state index contributed by atoms with van der Waals surface area (Å²) < 4.78 is 20.1. The molecule has 9 heteroatoms. The fourth-order valence-electron chi connectivity index (χ4n) is 5.12. The first-order valence-corrected chi connectivity index (χ1v) is 14.8. The second kappa shape index (κ2) is 10.1. The maximum absolute atomic E-state index is 14.8. The highest BCUT2D eigenvalue weighted by Crippen LogP contribution is 2.47. The largest absolute Gasteiger partial charge is 0.497 e. The van der Waals surface area contributed by atoms with E-state index in [1.54, 1.807) is 36.3 Å². The quantitative estimate of drug-likeness (QED) is 0.567. The molecule has 0 aromatic heterocycles. The highest BCUT2D eigenvalue weighted by molar-refractivity contribution is 8.32. The third kappa shape index (κ3) is 5.36. The van der Waals surface area contributed by atoms with Crippen molar-refractivity contribution >= 4 is 33.5 Å². The monoisotopic (exact) mass is 516 g/mol. The van der Waals surface area contributed by atoms with Gasteiger partial charge >= 0.3 is 5.97 Å². The first-order valence-electron chi connectivity index (χ1n) is 12.0. The lowest BCUT2D eigenvalue weighted by Crippen LogP contribution is -2.50. The molecular formula is C27H33FN2O5S. The van der Waals surface area contributed by atoms with E-state index in [4.69, 9.17) is 9.84 Å². The van der Waals surface area contributed by atoms with Crippen molar-refractivity contribution in [2.45, 2.75) is 36.6 Å². The predicted molar refractivity (Wildman–Crippen MR) is 138 cm³/mol. The lowest BCUT2D eigenvalue weighted by atomic mass is 9.72. The van der Waals surface area contributed by atoms with Gasteiger partial charge in [0.05, 0.1) is 7.11 Å². The predicted octanol–water partition coefficient (Wildman–Crippen LogP) is 4.45. The van der Waals surface area contributed by atoms with Crippen molar-refractivity contribution in [2.75, 3.05) is 37.7 Å². The van der Waals surface area contributed by atoms with Crippen molar-refractivity contribution in [3.8, 4) is 5.75 Å². The molecule has 2 aliphatic rings. The summed E-state index contributed by atoms with van der Waals surface area (Å²) in [6, 6.07) is 9.31. The number of carbonyl (C=O) groups excluding carboxylic acids is 2. The van der Waals surface area contributed by atoms with E-state index in [0.29, 0.717) is 47.7 Å². The average Bonchev–Trinajstić information content (AvgIpc) is 2.78. The Balaban J connectivity index is 1.60. The van der Waals surface area contributed by atoms with Crippen molar-refractivity contribution < 1.29 is 28.6 Å². The van der Waals surface area contributed by atoms with Gasteiger partial charge in [-0.2, -0.15) is 0 Å². The van der Waals surface area contributed by atoms with Crippen molar-refractivity contribution in [2.24, 2.45) is 11.8 Å². The van der Waals surface area contributed by atoms with Gasteiger partial charge in [0.25, 0.3) is 5.91 Å². The van der Waals surface area contributed by atoms with Gasteiger partial charge in [0, 0.05) is 29.5 Å². The minimum atomic E-state index is -1.27. The van der Waals surface area contributed by atoms with Crippen LogP contribution >= 0.6 is 10.0 Å². The molecule has 4 rings (SSSR count). The van der Waals surface area contributed by atoms with Crippen LogP contribution in [-0.4, -0.2) is 60.2 Å². The fraction of sp³-hybridized carbons (Fsp3) is 0.444. The van der Waals surface area contributed by atoms with Crippen LogP contribution in [0.4, 0.5) is 10.1 Å². The van der Waals surface area contributed by atoms with Gasteiger partial charge < -0.3 is 20.1 Å². The normalized spacial score (nSPS) is 21.7. The number of nitrogens with one attached hydrogen (secondary N) is 1. The van der Waals surface area contributed by atoms with Crippen LogP contribution in [-0.2, 0) is 20.8 Å². The molecule has 0 saturated heterocycles. The zero-order valence-corrected chi connectivity index (χ0v) is 21.9. The van der Waals surface area contributed by atoms with Gasteiger partial charge in [-0.25, -0.2) is 14.4 Å². The van der Waals surface area contributed by atoms with Gasteiger partial charge in [-0.3, -0.25) is 14.4 Å². The molecule has 2 aromatic carbocycles. The van der Waals surface area contributed by atoms with E-state index in [9.17, 15) is 18.8 Å². The van der Waals surface area contributed by atoms with Gasteiger partial charge in [0.15, 0.2) is 0 Å². The second-order valence-corrected chi connectivity index (χ2v) is 14.5. The molecule has 0 unspecified atom stereocenters. The SMILES string of the molecule is COc1ccc2c(c1)CCN(C(=O)C1CC(CC(=O)O)C1)[C@H]2C(=O)Nc1ccc(S(C)(C)C)c(F)c1. The third-order valence-corrected chi connectivity index (χ3v) is 8.67. The second-order valence-electron chi connectivity index (χ2n) is 10.4. The van der Waals surface area contributed by atoms with Crippen LogP contribution in [0.1, 0.15) is 36.4 Å². The van der Waals surface area contributed by atoms with Crippen LogP contribution in [0, 0.1) is 17.7 Å². The van der Waals surface area contributed by atoms with Crippen LogP contribution < -0.4 is 10.1 Å². The summed E-state index contributed by atoms with van der Waals surface area (Å²) in [5.41, 5.74) is 1.97. The average molecular weight is 517 g/mol. The van der Waals surface area contributed by atoms with E-state index < -0.39 is 27.9 Å². The van der Waals surface area contributed by atoms with Gasteiger partial charge in [0.2, 0.25) is 5.91 Å². The van der Waals surface area contributed by atoms with Crippen LogP contribution in [0.5, 0.6) is 5.75 Å². The minimum Gasteiger partial charge on any atom is -0.497 e. The summed E-state index contributed by atoms with van der Waals surface area (Å²) in [6.07, 6.45) is 7.64. The zero-order chi connectivity index (χ0) is 26.2. The van der Waals surface area contributed by atoms with E-state index in [1.807, 2.05) is 24.8 Å². The number of carboxylic acid groups (broad SMARTS) is 1. The smallest absolute Gasteiger partial charge is 0.303 e. The van der Waals surface area contributed by atoms with E-state index in [-0.39, 0.29) is 30.0 Å². The molecule has 2 N–H and O–H groups in total. The number of hydrogen-bond donors (Lipinski definition) is 2. The van der Waals surface area contributed by atoms with Gasteiger partial charge in [0.1, 0.15) is 17.6 Å². The van der Waals surface area contributed by atoms with Gasteiger partial charge in [-0.15, -0.1) is 0 Å². The number of hydrogen-bond acceptors (Lipinski definition) is 4. The van der Waals surface area contributed by atoms with E-state index in [0.717, 1.165) is 5.56 Å². The number of rotatable bonds is 7. The molecule has 2 aromatic rings. The summed E-state index contributed by atoms with van der Waals surface area (Å²) in [5, 5.41) is 11.8. The summed E-state index contributed by atoms with van der Waals surface area (Å²) in [4.78, 5) is 40.3. The molecule has 7 nitrogen and oxygen atoms in total. The number of amides is 2. The van der Waals surface area contributed by atoms with Crippen LogP contribution in [0.2, 0.25) is 0 Å². The summed E-state index contributed by atoms with van der Waals surface area (Å²) >= 11 is 0. The van der Waals surface area contributed by atoms with Crippen molar-refractivity contribution in [3.63, 3.8) is 0 Å². The molecule has 0 spiro atoms. The van der Waals surface area contributed by atoms with Gasteiger partial charge in [-0.05, 0) is 85.4 Å². The summed E-state index contributed by atoms with van der Waals surface area (Å²) in [7, 11) is 0.302. The Morgan fingerprint density at radius 1 is 1.14 bits per heavy atom. The molecule has 2 amide bonds. The first kappa shape index (κ1) is 26.0. The number of carboxylic acids is 1. The third-order valence-electron chi connectivity index (χ3n) is 7.02. The number of aliphatic carboxylic acids is 1. The van der Waals surface area contributed by atoms with E-state index in [2.05, 4.69) is 5.32 Å². The standard InChI is InChI=1S/C27H33FN2O5S/c1-35-20-6-7-21-17(14-20)9-10-30(27(34)18-11-16(12-18)13-24(31)32)25(21)26(33)29-19-5-8-23(22(28)15-19)36(2,3)4/h5-8,14-16,18,25H,9-13H2,1-4H3,(H,29,33)(H,31,32)/t16?,18?,25-/m1/s1. The Hall–Kier alpha value is -3.07. The molecule has 1 aliphatic heterocycles. The van der Waals surface area contributed by atoms with Crippen LogP contribution in [0.15, 0.2) is 41.3 Å². The Labute approximate surface area is 212 Å². The van der Waals surface area contributed by atoms with E-state index in [1.165, 1.54) is 6.07 Å². The number of fused-ring (bicyclic) bond motifs is 1. The number of nitrogens with zero attached hydrogens (tertiary/aromatic N) is 1. The van der Waals surface area contributed by atoms with Crippen LogP contribution in [0.25, 0.3) is 0 Å². The molecule has 1 heterocycles. The van der Waals surface area contributed by atoms with Crippen molar-refractivity contribution in [1.82, 2.24) is 4.90 Å². The Morgan fingerprint density at radius 3 is 2.47 bits per heavy atom. The number of benzene rings is 2. The highest BCUT2D eigenvalue weighted by atomic mass is 32.3. The topological polar surface area (TPSA) is 95.9 Å². The maximum atomic E-state index is 14.8. The Morgan fingerprint density at radius 2 is 1.86 bits per heavy atom. The molecule has 1 atom stereocenters. The van der Waals surface area contributed by atoms with Crippen LogP contribution in [0.3, 0.4) is 0 Å². The first-order chi connectivity index (χ1) is 17.0. The molecule has 194 valence electrons. The highest BCUT2D eigenvalue weighted by Gasteiger charge is 2.43. The number of ether oxygens (including phenoxy) is 1. The molecule has 0 bridgehead atoms. The number of carbonyl (C=O) groups is 3. The molecule has 1 aliphatic carbocycles. The molecule has 1 saturated carbocycles. The van der Waals surface area contributed by atoms with E-state index >= 15 is 0 Å². The van der Waals surface area contributed by atoms with Crippen molar-refractivity contribution in [3.05, 3.63) is 53.3 Å². The Kier molecular flexibility index (Phi) is 7.31. The lowest BCUT2D eigenvalue weighted by Gasteiger charge is -2.42. The maximum Gasteiger partial charge on any atom is 0.303 e. The molecule has 36 heavy (non-hydrogen) atoms. The summed E-state index contributed by atoms with van der Waals surface area (Å²) in [5.74, 6) is -1.42. The number of methoxy groups -OCH3 is 1. The van der Waals surface area contributed by atoms with Gasteiger partial charge in [-0.1, -0.05) is 6.07 Å². The molecular weight excluding hydrogens is 483 g/mol. The lowest BCUT2D eigenvalue weighted by molar-refractivity contribution is -0.149. The molecule has 1 fully saturated rings. The molecule has 0 radical (unpaired) electrons. The zero-order valence-electron chi connectivity index (χ0n) is 21.0. The number of halogens is 1. The summed E-state index contributed by atoms with van der Waals surface area (Å²) in [6.45, 7) is 0.359. The Bertz CT molecular complexity index is 1190. The fourth-order valence-corrected chi connectivity index (χ4v) is 6.24. The van der Waals surface area contributed by atoms with Crippen molar-refractivity contribution in [1.29, 1.82) is 0 Å². The number of anilines is 1. The minimum absolute atomic E-state index is 0.0171.